The van der Waals surface area contributed by atoms with Crippen LogP contribution in [0.2, 0.25) is 5.02 Å². The Morgan fingerprint density at radius 1 is 1.10 bits per heavy atom. The maximum absolute atomic E-state index is 14.8. The molecule has 0 unspecified atom stereocenters. The van der Waals surface area contributed by atoms with Gasteiger partial charge in [-0.2, -0.15) is 13.2 Å². The van der Waals surface area contributed by atoms with Crippen molar-refractivity contribution in [1.29, 1.82) is 0 Å². The number of rotatable bonds is 8. The molecule has 12 heteroatoms. The molecule has 1 saturated carbocycles. The number of carbonyl (C=O) groups is 1. The molecule has 2 aliphatic heterocycles. The van der Waals surface area contributed by atoms with Crippen LogP contribution in [0, 0.1) is 11.7 Å². The third-order valence-corrected chi connectivity index (χ3v) is 8.75. The number of piperidine rings is 1. The molecule has 3 aliphatic rings. The number of benzene rings is 2. The zero-order valence-corrected chi connectivity index (χ0v) is 22.8. The van der Waals surface area contributed by atoms with E-state index in [4.69, 9.17) is 16.3 Å². The van der Waals surface area contributed by atoms with E-state index in [9.17, 15) is 30.8 Å². The van der Waals surface area contributed by atoms with E-state index in [-0.39, 0.29) is 29.5 Å². The van der Waals surface area contributed by atoms with E-state index in [1.807, 2.05) is 0 Å². The van der Waals surface area contributed by atoms with Gasteiger partial charge in [-0.05, 0) is 85.8 Å². The summed E-state index contributed by atoms with van der Waals surface area (Å²) in [5.74, 6) is -1.22. The van der Waals surface area contributed by atoms with E-state index in [0.29, 0.717) is 35.1 Å². The number of hydrogen-bond acceptors (Lipinski definition) is 5. The van der Waals surface area contributed by atoms with Gasteiger partial charge < -0.3 is 4.74 Å². The molecular formula is C27H29ClF4N2O4S. The van der Waals surface area contributed by atoms with Crippen molar-refractivity contribution in [3.05, 3.63) is 63.4 Å². The highest BCUT2D eigenvalue weighted by atomic mass is 35.5. The molecule has 1 aliphatic carbocycles. The number of ether oxygens (including phenoxy) is 1. The Kier molecular flexibility index (Phi) is 7.62. The fourth-order valence-electron chi connectivity index (χ4n) is 5.87. The lowest BCUT2D eigenvalue weighted by atomic mass is 9.90. The van der Waals surface area contributed by atoms with Crippen molar-refractivity contribution in [2.75, 3.05) is 12.9 Å². The Morgan fingerprint density at radius 3 is 2.36 bits per heavy atom. The summed E-state index contributed by atoms with van der Waals surface area (Å²) in [5.41, 5.74) is 0.0996. The van der Waals surface area contributed by atoms with E-state index in [0.717, 1.165) is 63.0 Å². The molecule has 5 rings (SSSR count). The van der Waals surface area contributed by atoms with Crippen LogP contribution in [0.15, 0.2) is 30.3 Å². The molecule has 2 aromatic rings. The first-order valence-electron chi connectivity index (χ1n) is 12.9. The number of alkyl halides is 3. The molecule has 0 aromatic heterocycles. The number of sulfonamides is 1. The number of amides is 1. The molecule has 2 aromatic carbocycles. The van der Waals surface area contributed by atoms with Crippen LogP contribution in [-0.2, 0) is 22.7 Å². The SMILES string of the molecule is CS(=O)(=O)NC(=O)c1cc(C2CC2)c(OC[C@H]2C[C@H]3CC[C@@H](C2)N3Cc2cc(C(F)(F)F)ccc2Cl)cc1F. The molecule has 2 heterocycles. The molecule has 1 amide bonds. The van der Waals surface area contributed by atoms with E-state index in [2.05, 4.69) is 4.90 Å². The summed E-state index contributed by atoms with van der Waals surface area (Å²) in [5, 5.41) is 0.316. The number of hydrogen-bond donors (Lipinski definition) is 1. The average Bonchev–Trinajstić information content (AvgIpc) is 3.64. The van der Waals surface area contributed by atoms with Crippen LogP contribution in [0.3, 0.4) is 0 Å². The summed E-state index contributed by atoms with van der Waals surface area (Å²) in [4.78, 5) is 14.5. The lowest BCUT2D eigenvalue weighted by Crippen LogP contribution is -2.43. The average molecular weight is 589 g/mol. The van der Waals surface area contributed by atoms with Gasteiger partial charge in [0.05, 0.1) is 24.0 Å². The second kappa shape index (κ2) is 10.6. The maximum Gasteiger partial charge on any atom is 0.416 e. The molecule has 3 atom stereocenters. The summed E-state index contributed by atoms with van der Waals surface area (Å²) in [6.45, 7) is 0.693. The topological polar surface area (TPSA) is 75.7 Å². The highest BCUT2D eigenvalue weighted by molar-refractivity contribution is 7.89. The van der Waals surface area contributed by atoms with Gasteiger partial charge in [-0.3, -0.25) is 9.69 Å². The third kappa shape index (κ3) is 6.52. The minimum atomic E-state index is -4.43. The van der Waals surface area contributed by atoms with Gasteiger partial charge in [0.25, 0.3) is 5.91 Å². The van der Waals surface area contributed by atoms with Crippen LogP contribution in [0.25, 0.3) is 0 Å². The van der Waals surface area contributed by atoms with Gasteiger partial charge >= 0.3 is 6.18 Å². The van der Waals surface area contributed by atoms with E-state index in [1.54, 1.807) is 4.72 Å². The van der Waals surface area contributed by atoms with Crippen molar-refractivity contribution in [2.45, 2.75) is 69.2 Å². The van der Waals surface area contributed by atoms with Crippen LogP contribution in [-0.4, -0.2) is 44.2 Å². The van der Waals surface area contributed by atoms with Crippen molar-refractivity contribution in [2.24, 2.45) is 5.92 Å². The second-order valence-corrected chi connectivity index (χ2v) is 13.0. The monoisotopic (exact) mass is 588 g/mol. The number of nitrogens with zero attached hydrogens (tertiary/aromatic N) is 1. The first-order valence-corrected chi connectivity index (χ1v) is 15.1. The molecule has 1 N–H and O–H groups in total. The van der Waals surface area contributed by atoms with Gasteiger partial charge in [0.1, 0.15) is 11.6 Å². The highest BCUT2D eigenvalue weighted by Crippen LogP contribution is 2.46. The van der Waals surface area contributed by atoms with Gasteiger partial charge in [-0.15, -0.1) is 0 Å². The van der Waals surface area contributed by atoms with Crippen molar-refractivity contribution in [3.8, 4) is 5.75 Å². The minimum absolute atomic E-state index is 0.126. The lowest BCUT2D eigenvalue weighted by molar-refractivity contribution is -0.137. The first kappa shape index (κ1) is 28.2. The molecule has 0 radical (unpaired) electrons. The van der Waals surface area contributed by atoms with Gasteiger partial charge in [-0.1, -0.05) is 11.6 Å². The third-order valence-electron chi connectivity index (χ3n) is 7.82. The Balaban J connectivity index is 1.25. The van der Waals surface area contributed by atoms with Gasteiger partial charge in [-0.25, -0.2) is 17.5 Å². The highest BCUT2D eigenvalue weighted by Gasteiger charge is 2.41. The predicted molar refractivity (Wildman–Crippen MR) is 138 cm³/mol. The second-order valence-electron chi connectivity index (χ2n) is 10.9. The Labute approximate surface area is 229 Å². The smallest absolute Gasteiger partial charge is 0.416 e. The molecule has 39 heavy (non-hydrogen) atoms. The Bertz CT molecular complexity index is 1370. The van der Waals surface area contributed by atoms with Crippen molar-refractivity contribution in [1.82, 2.24) is 9.62 Å². The normalized spacial score (nSPS) is 23.6. The number of halogens is 5. The predicted octanol–water partition coefficient (Wildman–Crippen LogP) is 5.89. The zero-order valence-electron chi connectivity index (χ0n) is 21.2. The number of fused-ring (bicyclic) bond motifs is 2. The summed E-state index contributed by atoms with van der Waals surface area (Å²) in [6.07, 6.45) is 1.59. The van der Waals surface area contributed by atoms with Crippen molar-refractivity contribution in [3.63, 3.8) is 0 Å². The van der Waals surface area contributed by atoms with Crippen molar-refractivity contribution < 1.29 is 35.5 Å². The quantitative estimate of drug-likeness (QED) is 0.390. The van der Waals surface area contributed by atoms with Gasteiger partial charge in [0.15, 0.2) is 0 Å². The zero-order chi connectivity index (χ0) is 28.1. The minimum Gasteiger partial charge on any atom is -0.493 e. The molecular weight excluding hydrogens is 560 g/mol. The van der Waals surface area contributed by atoms with Crippen LogP contribution in [0.5, 0.6) is 5.75 Å². The summed E-state index contributed by atoms with van der Waals surface area (Å²) in [6, 6.07) is 6.33. The van der Waals surface area contributed by atoms with Crippen molar-refractivity contribution >= 4 is 27.5 Å². The number of nitrogens with one attached hydrogen (secondary N) is 1. The summed E-state index contributed by atoms with van der Waals surface area (Å²) < 4.78 is 85.2. The maximum atomic E-state index is 14.8. The van der Waals surface area contributed by atoms with Gasteiger partial charge in [0.2, 0.25) is 10.0 Å². The number of carbonyl (C=O) groups excluding carboxylic acids is 1. The molecule has 6 nitrogen and oxygen atoms in total. The standard InChI is InChI=1S/C27H29ClF4N2O4S/c1-39(36,37)33-26(35)22-11-21(16-2-3-16)25(12-24(22)29)38-14-15-8-19-5-6-20(9-15)34(19)13-17-10-18(27(30,31)32)4-7-23(17)28/h4,7,10-12,15-16,19-20H,2-3,5-6,8-9,13-14H2,1H3,(H,33,35)/t15-,19+,20-. The van der Waals surface area contributed by atoms with E-state index in [1.165, 1.54) is 12.1 Å². The molecule has 2 saturated heterocycles. The Morgan fingerprint density at radius 2 is 1.77 bits per heavy atom. The lowest BCUT2D eigenvalue weighted by Gasteiger charge is -2.39. The molecule has 2 bridgehead atoms. The molecule has 3 fully saturated rings. The Hall–Kier alpha value is -2.37. The first-order chi connectivity index (χ1) is 18.3. The summed E-state index contributed by atoms with van der Waals surface area (Å²) in [7, 11) is -3.84. The fourth-order valence-corrected chi connectivity index (χ4v) is 6.49. The van der Waals surface area contributed by atoms with Crippen LogP contribution in [0.4, 0.5) is 17.6 Å². The van der Waals surface area contributed by atoms with Crippen LogP contribution < -0.4 is 9.46 Å². The van der Waals surface area contributed by atoms with E-state index >= 15 is 0 Å². The largest absolute Gasteiger partial charge is 0.493 e. The van der Waals surface area contributed by atoms with Crippen LogP contribution in [0.1, 0.15) is 71.5 Å². The molecule has 0 spiro atoms. The molecule has 212 valence electrons. The van der Waals surface area contributed by atoms with E-state index < -0.39 is 33.5 Å². The fraction of sp³-hybridized carbons (Fsp3) is 0.519. The van der Waals surface area contributed by atoms with Gasteiger partial charge in [0, 0.05) is 29.7 Å². The summed E-state index contributed by atoms with van der Waals surface area (Å²) >= 11 is 6.25. The van der Waals surface area contributed by atoms with Crippen LogP contribution >= 0.6 is 11.6 Å².